The normalized spacial score (nSPS) is 13.9. The van der Waals surface area contributed by atoms with Crippen LogP contribution in [0.5, 0.6) is 5.75 Å². The molecule has 0 unspecified atom stereocenters. The Hall–Kier alpha value is -2.04. The van der Waals surface area contributed by atoms with Crippen molar-refractivity contribution in [2.45, 2.75) is 32.6 Å². The average molecular weight is 276 g/mol. The minimum Gasteiger partial charge on any atom is -0.483 e. The minimum atomic E-state index is -0.363. The summed E-state index contributed by atoms with van der Waals surface area (Å²) >= 11 is 0. The molecule has 0 aliphatic heterocycles. The molecule has 2 amide bonds. The maximum absolute atomic E-state index is 11.6. The summed E-state index contributed by atoms with van der Waals surface area (Å²) in [6.07, 6.45) is 1.81. The van der Waals surface area contributed by atoms with Gasteiger partial charge in [0, 0.05) is 5.92 Å². The van der Waals surface area contributed by atoms with Crippen molar-refractivity contribution in [3.63, 3.8) is 0 Å². The Morgan fingerprint density at radius 2 is 1.95 bits per heavy atom. The van der Waals surface area contributed by atoms with Crippen molar-refractivity contribution in [3.8, 4) is 5.75 Å². The molecule has 1 aliphatic rings. The molecule has 2 N–H and O–H groups in total. The lowest BCUT2D eigenvalue weighted by atomic mass is 10.0. The topological polar surface area (TPSA) is 67.4 Å². The summed E-state index contributed by atoms with van der Waals surface area (Å²) in [4.78, 5) is 23.0. The molecule has 0 atom stereocenters. The van der Waals surface area contributed by atoms with E-state index in [9.17, 15) is 9.59 Å². The van der Waals surface area contributed by atoms with Crippen LogP contribution in [-0.2, 0) is 9.59 Å². The van der Waals surface area contributed by atoms with Gasteiger partial charge in [-0.15, -0.1) is 0 Å². The van der Waals surface area contributed by atoms with Crippen LogP contribution in [0.25, 0.3) is 0 Å². The largest absolute Gasteiger partial charge is 0.483 e. The fraction of sp³-hybridized carbons (Fsp3) is 0.467. The lowest BCUT2D eigenvalue weighted by Crippen LogP contribution is -2.44. The summed E-state index contributed by atoms with van der Waals surface area (Å²) in [6.45, 7) is 4.02. The van der Waals surface area contributed by atoms with E-state index in [4.69, 9.17) is 4.74 Å². The molecular formula is C15H20N2O3. The van der Waals surface area contributed by atoms with Gasteiger partial charge in [0.1, 0.15) is 5.75 Å². The first-order valence-corrected chi connectivity index (χ1v) is 6.88. The maximum Gasteiger partial charge on any atom is 0.276 e. The zero-order valence-corrected chi connectivity index (χ0v) is 11.8. The van der Waals surface area contributed by atoms with Gasteiger partial charge in [0.15, 0.2) is 6.61 Å². The quantitative estimate of drug-likeness (QED) is 0.805. The highest BCUT2D eigenvalue weighted by Gasteiger charge is 2.29. The molecule has 0 radical (unpaired) electrons. The lowest BCUT2D eigenvalue weighted by Gasteiger charge is -2.13. The van der Waals surface area contributed by atoms with E-state index in [1.165, 1.54) is 0 Å². The van der Waals surface area contributed by atoms with Gasteiger partial charge in [-0.25, -0.2) is 0 Å². The number of carbonyl (C=O) groups excluding carboxylic acids is 2. The molecule has 1 aliphatic carbocycles. The molecule has 0 bridgehead atoms. The van der Waals surface area contributed by atoms with Crippen LogP contribution in [0.4, 0.5) is 0 Å². The van der Waals surface area contributed by atoms with Gasteiger partial charge < -0.3 is 4.74 Å². The predicted molar refractivity (Wildman–Crippen MR) is 75.0 cm³/mol. The van der Waals surface area contributed by atoms with Gasteiger partial charge in [-0.2, -0.15) is 0 Å². The Kier molecular flexibility index (Phi) is 4.61. The Morgan fingerprint density at radius 3 is 2.60 bits per heavy atom. The van der Waals surface area contributed by atoms with Gasteiger partial charge in [-0.3, -0.25) is 20.4 Å². The van der Waals surface area contributed by atoms with Crippen LogP contribution in [0.2, 0.25) is 0 Å². The summed E-state index contributed by atoms with van der Waals surface area (Å²) in [7, 11) is 0. The van der Waals surface area contributed by atoms with Crippen LogP contribution in [-0.4, -0.2) is 18.4 Å². The number of hydrazine groups is 1. The van der Waals surface area contributed by atoms with Gasteiger partial charge in [-0.05, 0) is 30.4 Å². The third-order valence-electron chi connectivity index (χ3n) is 3.17. The standard InChI is InChI=1S/C15H20N2O3/c1-10(2)12-5-3-4-6-13(12)20-9-14(18)16-17-15(19)11-7-8-11/h3-6,10-11H,7-9H2,1-2H3,(H,16,18)(H,17,19). The smallest absolute Gasteiger partial charge is 0.276 e. The Bertz CT molecular complexity index is 496. The van der Waals surface area contributed by atoms with Crippen LogP contribution >= 0.6 is 0 Å². The Morgan fingerprint density at radius 1 is 1.25 bits per heavy atom. The number of benzene rings is 1. The van der Waals surface area contributed by atoms with Crippen molar-refractivity contribution < 1.29 is 14.3 Å². The first-order valence-electron chi connectivity index (χ1n) is 6.88. The number of ether oxygens (including phenoxy) is 1. The van der Waals surface area contributed by atoms with Gasteiger partial charge in [0.05, 0.1) is 0 Å². The van der Waals surface area contributed by atoms with Gasteiger partial charge in [0.2, 0.25) is 5.91 Å². The molecule has 0 saturated heterocycles. The van der Waals surface area contributed by atoms with Crippen LogP contribution < -0.4 is 15.6 Å². The molecule has 0 heterocycles. The molecule has 5 heteroatoms. The van der Waals surface area contributed by atoms with E-state index in [2.05, 4.69) is 24.7 Å². The van der Waals surface area contributed by atoms with Crippen molar-refractivity contribution in [2.75, 3.05) is 6.61 Å². The highest BCUT2D eigenvalue weighted by atomic mass is 16.5. The maximum atomic E-state index is 11.6. The molecule has 1 fully saturated rings. The molecule has 20 heavy (non-hydrogen) atoms. The molecule has 1 aromatic carbocycles. The van der Waals surface area contributed by atoms with Crippen LogP contribution in [0.15, 0.2) is 24.3 Å². The van der Waals surface area contributed by atoms with Gasteiger partial charge in [-0.1, -0.05) is 32.0 Å². The van der Waals surface area contributed by atoms with Crippen molar-refractivity contribution in [3.05, 3.63) is 29.8 Å². The van der Waals surface area contributed by atoms with E-state index in [1.807, 2.05) is 24.3 Å². The van der Waals surface area contributed by atoms with E-state index in [-0.39, 0.29) is 24.3 Å². The zero-order chi connectivity index (χ0) is 14.5. The monoisotopic (exact) mass is 276 g/mol. The highest BCUT2D eigenvalue weighted by molar-refractivity contribution is 5.85. The van der Waals surface area contributed by atoms with Crippen molar-refractivity contribution in [2.24, 2.45) is 5.92 Å². The second-order valence-electron chi connectivity index (χ2n) is 5.29. The van der Waals surface area contributed by atoms with Gasteiger partial charge in [0.25, 0.3) is 5.91 Å². The van der Waals surface area contributed by atoms with Gasteiger partial charge >= 0.3 is 0 Å². The number of hydrogen-bond donors (Lipinski definition) is 2. The van der Waals surface area contributed by atoms with Crippen LogP contribution in [0, 0.1) is 5.92 Å². The van der Waals surface area contributed by atoms with Crippen molar-refractivity contribution in [1.82, 2.24) is 10.9 Å². The molecular weight excluding hydrogens is 256 g/mol. The molecule has 0 aromatic heterocycles. The average Bonchev–Trinajstić information content (AvgIpc) is 3.27. The molecule has 108 valence electrons. The first-order chi connectivity index (χ1) is 9.58. The SMILES string of the molecule is CC(C)c1ccccc1OCC(=O)NNC(=O)C1CC1. The van der Waals surface area contributed by atoms with E-state index in [1.54, 1.807) is 0 Å². The van der Waals surface area contributed by atoms with Crippen LogP contribution in [0.1, 0.15) is 38.2 Å². The summed E-state index contributed by atoms with van der Waals surface area (Å²) < 4.78 is 5.51. The highest BCUT2D eigenvalue weighted by Crippen LogP contribution is 2.28. The second kappa shape index (κ2) is 6.41. The third kappa shape index (κ3) is 3.98. The third-order valence-corrected chi connectivity index (χ3v) is 3.17. The number of rotatable bonds is 5. The first kappa shape index (κ1) is 14.4. The van der Waals surface area contributed by atoms with Crippen LogP contribution in [0.3, 0.4) is 0 Å². The summed E-state index contributed by atoms with van der Waals surface area (Å²) in [5.74, 6) is 0.603. The minimum absolute atomic E-state index is 0.0675. The summed E-state index contributed by atoms with van der Waals surface area (Å²) in [5, 5.41) is 0. The summed E-state index contributed by atoms with van der Waals surface area (Å²) in [5.41, 5.74) is 5.82. The second-order valence-corrected chi connectivity index (χ2v) is 5.29. The van der Waals surface area contributed by atoms with E-state index in [0.717, 1.165) is 18.4 Å². The Labute approximate surface area is 118 Å². The van der Waals surface area contributed by atoms with Crippen molar-refractivity contribution >= 4 is 11.8 Å². The zero-order valence-electron chi connectivity index (χ0n) is 11.8. The van der Waals surface area contributed by atoms with E-state index >= 15 is 0 Å². The number of carbonyl (C=O) groups is 2. The van der Waals surface area contributed by atoms with Crippen molar-refractivity contribution in [1.29, 1.82) is 0 Å². The Balaban J connectivity index is 1.79. The fourth-order valence-corrected chi connectivity index (χ4v) is 1.85. The number of para-hydroxylation sites is 1. The molecule has 0 spiro atoms. The predicted octanol–water partition coefficient (Wildman–Crippen LogP) is 1.75. The van der Waals surface area contributed by atoms with E-state index < -0.39 is 0 Å². The molecule has 1 saturated carbocycles. The summed E-state index contributed by atoms with van der Waals surface area (Å²) in [6, 6.07) is 7.63. The molecule has 5 nitrogen and oxygen atoms in total. The lowest BCUT2D eigenvalue weighted by molar-refractivity contribution is -0.130. The fourth-order valence-electron chi connectivity index (χ4n) is 1.85. The number of nitrogens with one attached hydrogen (secondary N) is 2. The number of amides is 2. The van der Waals surface area contributed by atoms with E-state index in [0.29, 0.717) is 11.7 Å². The molecule has 1 aromatic rings. The molecule has 2 rings (SSSR count). The number of hydrogen-bond acceptors (Lipinski definition) is 3.